The summed E-state index contributed by atoms with van der Waals surface area (Å²) >= 11 is 0. The highest BCUT2D eigenvalue weighted by molar-refractivity contribution is 5.75. The molecule has 0 aliphatic carbocycles. The molecule has 0 spiro atoms. The first-order valence-corrected chi connectivity index (χ1v) is 12.1. The summed E-state index contributed by atoms with van der Waals surface area (Å²) in [6.45, 7) is 8.57. The summed E-state index contributed by atoms with van der Waals surface area (Å²) in [6, 6.07) is 25.1. The predicted octanol–water partition coefficient (Wildman–Crippen LogP) is 7.16. The van der Waals surface area contributed by atoms with Crippen LogP contribution in [0, 0.1) is 0 Å². The molecule has 4 heteroatoms. The lowest BCUT2D eigenvalue weighted by Gasteiger charge is -2.13. The van der Waals surface area contributed by atoms with E-state index in [1.54, 1.807) is 0 Å². The highest BCUT2D eigenvalue weighted by atomic mass is 16.5. The molecule has 0 saturated carbocycles. The number of imidazole rings is 1. The first-order chi connectivity index (χ1) is 16.2. The normalized spacial score (nSPS) is 12.1. The van der Waals surface area contributed by atoms with Gasteiger partial charge in [-0.2, -0.15) is 0 Å². The summed E-state index contributed by atoms with van der Waals surface area (Å²) in [6.07, 6.45) is 3.07. The number of benzene rings is 3. The Balaban J connectivity index is 1.38. The van der Waals surface area contributed by atoms with Crippen LogP contribution in [0.25, 0.3) is 11.0 Å². The van der Waals surface area contributed by atoms with Gasteiger partial charge in [-0.15, -0.1) is 0 Å². The summed E-state index contributed by atoms with van der Waals surface area (Å²) in [5.74, 6) is 3.32. The molecule has 0 radical (unpaired) electrons. The highest BCUT2D eigenvalue weighted by Gasteiger charge is 2.11. The van der Waals surface area contributed by atoms with E-state index in [1.165, 1.54) is 11.1 Å². The van der Waals surface area contributed by atoms with E-state index in [1.807, 2.05) is 18.2 Å². The third kappa shape index (κ3) is 5.75. The molecule has 0 aliphatic heterocycles. The molecule has 0 aliphatic rings. The Morgan fingerprint density at radius 1 is 0.848 bits per heavy atom. The number of aromatic nitrogens is 2. The fourth-order valence-corrected chi connectivity index (χ4v) is 4.00. The van der Waals surface area contributed by atoms with Gasteiger partial charge in [0.1, 0.15) is 23.9 Å². The fraction of sp³-hybridized carbons (Fsp3) is 0.345. The van der Waals surface area contributed by atoms with E-state index in [9.17, 15) is 0 Å². The van der Waals surface area contributed by atoms with Crippen molar-refractivity contribution in [3.05, 3.63) is 89.7 Å². The van der Waals surface area contributed by atoms with Crippen molar-refractivity contribution >= 4 is 11.0 Å². The summed E-state index contributed by atoms with van der Waals surface area (Å²) in [5.41, 5.74) is 4.81. The molecule has 0 bridgehead atoms. The third-order valence-corrected chi connectivity index (χ3v) is 6.29. The van der Waals surface area contributed by atoms with Crippen LogP contribution in [0.15, 0.2) is 72.8 Å². The Labute approximate surface area is 197 Å². The molecule has 1 unspecified atom stereocenters. The minimum absolute atomic E-state index is 0.443. The van der Waals surface area contributed by atoms with E-state index < -0.39 is 0 Å². The molecule has 172 valence electrons. The van der Waals surface area contributed by atoms with Gasteiger partial charge in [0, 0.05) is 6.54 Å². The topological polar surface area (TPSA) is 36.3 Å². The molecule has 0 amide bonds. The molecule has 4 rings (SSSR count). The molecule has 0 N–H and O–H groups in total. The van der Waals surface area contributed by atoms with Crippen LogP contribution in [0.3, 0.4) is 0 Å². The van der Waals surface area contributed by atoms with Gasteiger partial charge in [-0.1, -0.05) is 57.2 Å². The van der Waals surface area contributed by atoms with Crippen molar-refractivity contribution < 1.29 is 9.47 Å². The Hall–Kier alpha value is -3.27. The molecule has 0 fully saturated rings. The van der Waals surface area contributed by atoms with Gasteiger partial charge < -0.3 is 14.0 Å². The summed E-state index contributed by atoms with van der Waals surface area (Å²) in [5, 5.41) is 0. The molecular formula is C29H34N2O2. The maximum absolute atomic E-state index is 6.06. The molecule has 4 nitrogen and oxygen atoms in total. The van der Waals surface area contributed by atoms with E-state index >= 15 is 0 Å². The van der Waals surface area contributed by atoms with Gasteiger partial charge in [0.25, 0.3) is 0 Å². The molecule has 1 aromatic heterocycles. The standard InChI is InChI=1S/C29H34N2O2/c1-4-22(3)24-13-17-25(18-14-24)32-20-8-19-31-28-10-7-6-9-27(28)30-29(31)21-33-26-15-11-23(5-2)12-16-26/h6-7,9-18,22H,4-5,8,19-21H2,1-3H3. The Bertz CT molecular complexity index is 1150. The van der Waals surface area contributed by atoms with Crippen LogP contribution in [-0.4, -0.2) is 16.2 Å². The molecule has 33 heavy (non-hydrogen) atoms. The van der Waals surface area contributed by atoms with Gasteiger partial charge in [0.2, 0.25) is 0 Å². The van der Waals surface area contributed by atoms with Gasteiger partial charge in [-0.3, -0.25) is 0 Å². The van der Waals surface area contributed by atoms with Crippen molar-refractivity contribution in [3.63, 3.8) is 0 Å². The zero-order valence-corrected chi connectivity index (χ0v) is 20.0. The number of para-hydroxylation sites is 2. The summed E-state index contributed by atoms with van der Waals surface area (Å²) in [4.78, 5) is 4.83. The first-order valence-electron chi connectivity index (χ1n) is 12.1. The monoisotopic (exact) mass is 442 g/mol. The number of ether oxygens (including phenoxy) is 2. The predicted molar refractivity (Wildman–Crippen MR) is 135 cm³/mol. The minimum atomic E-state index is 0.443. The van der Waals surface area contributed by atoms with Crippen LogP contribution in [0.2, 0.25) is 0 Å². The minimum Gasteiger partial charge on any atom is -0.494 e. The fourth-order valence-electron chi connectivity index (χ4n) is 4.00. The van der Waals surface area contributed by atoms with Crippen LogP contribution in [0.1, 0.15) is 56.5 Å². The van der Waals surface area contributed by atoms with Gasteiger partial charge in [-0.05, 0) is 72.7 Å². The molecule has 1 atom stereocenters. The van der Waals surface area contributed by atoms with Crippen LogP contribution in [0.4, 0.5) is 0 Å². The molecule has 4 aromatic rings. The average Bonchev–Trinajstić information content (AvgIpc) is 3.23. The van der Waals surface area contributed by atoms with Crippen molar-refractivity contribution in [2.24, 2.45) is 0 Å². The second kappa shape index (κ2) is 11.0. The summed E-state index contributed by atoms with van der Waals surface area (Å²) in [7, 11) is 0. The third-order valence-electron chi connectivity index (χ3n) is 6.29. The number of aryl methyl sites for hydroxylation is 2. The smallest absolute Gasteiger partial charge is 0.147 e. The van der Waals surface area contributed by atoms with Crippen molar-refractivity contribution in [3.8, 4) is 11.5 Å². The first kappa shape index (κ1) is 22.9. The van der Waals surface area contributed by atoms with Crippen LogP contribution < -0.4 is 9.47 Å². The zero-order valence-electron chi connectivity index (χ0n) is 20.0. The highest BCUT2D eigenvalue weighted by Crippen LogP contribution is 2.22. The van der Waals surface area contributed by atoms with Gasteiger partial charge in [0.05, 0.1) is 17.6 Å². The van der Waals surface area contributed by atoms with Gasteiger partial charge in [0.15, 0.2) is 0 Å². The summed E-state index contributed by atoms with van der Waals surface area (Å²) < 4.78 is 14.3. The van der Waals surface area contributed by atoms with Crippen molar-refractivity contribution in [1.82, 2.24) is 9.55 Å². The van der Waals surface area contributed by atoms with Crippen molar-refractivity contribution in [2.45, 2.75) is 59.1 Å². The van der Waals surface area contributed by atoms with Crippen molar-refractivity contribution in [1.29, 1.82) is 0 Å². The lowest BCUT2D eigenvalue weighted by molar-refractivity contribution is 0.280. The van der Waals surface area contributed by atoms with E-state index in [2.05, 4.69) is 79.9 Å². The van der Waals surface area contributed by atoms with Crippen molar-refractivity contribution in [2.75, 3.05) is 6.61 Å². The maximum Gasteiger partial charge on any atom is 0.147 e. The Morgan fingerprint density at radius 2 is 1.55 bits per heavy atom. The van der Waals surface area contributed by atoms with Gasteiger partial charge in [-0.25, -0.2) is 4.98 Å². The Morgan fingerprint density at radius 3 is 2.27 bits per heavy atom. The quantitative estimate of drug-likeness (QED) is 0.231. The van der Waals surface area contributed by atoms with E-state index in [4.69, 9.17) is 14.5 Å². The molecule has 3 aromatic carbocycles. The van der Waals surface area contributed by atoms with Crippen LogP contribution in [0.5, 0.6) is 11.5 Å². The average molecular weight is 443 g/mol. The van der Waals surface area contributed by atoms with Crippen LogP contribution >= 0.6 is 0 Å². The van der Waals surface area contributed by atoms with E-state index in [0.29, 0.717) is 19.1 Å². The maximum atomic E-state index is 6.06. The Kier molecular flexibility index (Phi) is 7.66. The SMILES string of the molecule is CCc1ccc(OCc2nc3ccccc3n2CCCOc2ccc(C(C)CC)cc2)cc1. The number of nitrogens with zero attached hydrogens (tertiary/aromatic N) is 2. The van der Waals surface area contributed by atoms with E-state index in [-0.39, 0.29) is 0 Å². The number of fused-ring (bicyclic) bond motifs is 1. The van der Waals surface area contributed by atoms with E-state index in [0.717, 1.165) is 54.2 Å². The number of rotatable bonds is 11. The largest absolute Gasteiger partial charge is 0.494 e. The number of hydrogen-bond acceptors (Lipinski definition) is 3. The zero-order chi connectivity index (χ0) is 23.0. The molecule has 1 heterocycles. The second-order valence-corrected chi connectivity index (χ2v) is 8.53. The number of hydrogen-bond donors (Lipinski definition) is 0. The molecular weight excluding hydrogens is 408 g/mol. The van der Waals surface area contributed by atoms with Gasteiger partial charge >= 0.3 is 0 Å². The molecule has 0 saturated heterocycles. The lowest BCUT2D eigenvalue weighted by Crippen LogP contribution is -2.10. The second-order valence-electron chi connectivity index (χ2n) is 8.53. The van der Waals surface area contributed by atoms with Crippen LogP contribution in [-0.2, 0) is 19.6 Å². The lowest BCUT2D eigenvalue weighted by atomic mass is 9.99.